The van der Waals surface area contributed by atoms with Crippen molar-refractivity contribution in [3.05, 3.63) is 103 Å². The van der Waals surface area contributed by atoms with Gasteiger partial charge in [-0.15, -0.1) is 20.5 Å². The lowest BCUT2D eigenvalue weighted by Gasteiger charge is -2.11. The Bertz CT molecular complexity index is 2370. The number of benzene rings is 6. The zero-order valence-corrected chi connectivity index (χ0v) is 23.7. The molecule has 0 aliphatic rings. The highest BCUT2D eigenvalue weighted by atomic mass is 32.2. The number of nitrogens with two attached hydrogens (primary N) is 1. The monoisotopic (exact) mass is 611 g/mol. The van der Waals surface area contributed by atoms with E-state index in [-0.39, 0.29) is 22.1 Å². The SMILES string of the molecule is Nc1c(N=Nc2ccc(N=Nc3cccc4ccccc34)c3ccccc23)c(S(=O)(=O)O)cc2cc(S(=O)(=O)O)ccc12. The molecule has 214 valence electrons. The van der Waals surface area contributed by atoms with Gasteiger partial charge in [0, 0.05) is 21.5 Å². The molecule has 0 saturated carbocycles. The standard InChI is InChI=1S/C30H21N5O6S2/c31-29-22-13-12-20(42(36,37)38)16-19(22)17-28(43(39,40)41)30(29)35-34-27-15-14-26(23-9-3-4-10-24(23)27)33-32-25-11-5-7-18-6-1-2-8-21(18)25/h1-17H,31H2,(H,36,37,38)(H,39,40,41). The van der Waals surface area contributed by atoms with Gasteiger partial charge in [0.05, 0.1) is 27.6 Å². The highest BCUT2D eigenvalue weighted by Gasteiger charge is 2.22. The fraction of sp³-hybridized carbons (Fsp3) is 0. The molecule has 0 heterocycles. The summed E-state index contributed by atoms with van der Waals surface area (Å²) in [5.74, 6) is 0. The highest BCUT2D eigenvalue weighted by Crippen LogP contribution is 2.41. The van der Waals surface area contributed by atoms with Crippen LogP contribution in [0.3, 0.4) is 0 Å². The summed E-state index contributed by atoms with van der Waals surface area (Å²) in [6.07, 6.45) is 0. The number of hydrogen-bond acceptors (Lipinski definition) is 9. The van der Waals surface area contributed by atoms with Crippen molar-refractivity contribution in [1.29, 1.82) is 0 Å². The van der Waals surface area contributed by atoms with Gasteiger partial charge in [0.25, 0.3) is 20.2 Å². The first kappa shape index (κ1) is 28.1. The van der Waals surface area contributed by atoms with Gasteiger partial charge >= 0.3 is 0 Å². The number of azo groups is 2. The van der Waals surface area contributed by atoms with Crippen molar-refractivity contribution in [1.82, 2.24) is 0 Å². The lowest BCUT2D eigenvalue weighted by Crippen LogP contribution is -2.03. The molecule has 0 radical (unpaired) electrons. The third-order valence-electron chi connectivity index (χ3n) is 6.83. The number of nitrogens with zero attached hydrogens (tertiary/aromatic N) is 4. The zero-order chi connectivity index (χ0) is 30.4. The van der Waals surface area contributed by atoms with Crippen molar-refractivity contribution < 1.29 is 25.9 Å². The van der Waals surface area contributed by atoms with Crippen molar-refractivity contribution in [2.75, 3.05) is 5.73 Å². The Morgan fingerprint density at radius 1 is 0.512 bits per heavy atom. The lowest BCUT2D eigenvalue weighted by molar-refractivity contribution is 0.481. The van der Waals surface area contributed by atoms with E-state index in [9.17, 15) is 25.9 Å². The summed E-state index contributed by atoms with van der Waals surface area (Å²) in [5.41, 5.74) is 7.38. The van der Waals surface area contributed by atoms with Crippen LogP contribution in [0.5, 0.6) is 0 Å². The molecule has 6 aromatic carbocycles. The van der Waals surface area contributed by atoms with Gasteiger partial charge in [0.15, 0.2) is 0 Å². The van der Waals surface area contributed by atoms with Gasteiger partial charge in [-0.25, -0.2) is 0 Å². The Labute approximate surface area is 245 Å². The van der Waals surface area contributed by atoms with Crippen LogP contribution in [0.15, 0.2) is 133 Å². The number of hydrogen-bond donors (Lipinski definition) is 3. The summed E-state index contributed by atoms with van der Waals surface area (Å²) in [7, 11) is -9.45. The van der Waals surface area contributed by atoms with Gasteiger partial charge in [-0.2, -0.15) is 16.8 Å². The van der Waals surface area contributed by atoms with Crippen LogP contribution in [0, 0.1) is 0 Å². The molecule has 0 spiro atoms. The molecule has 6 aromatic rings. The van der Waals surface area contributed by atoms with Crippen molar-refractivity contribution in [2.45, 2.75) is 9.79 Å². The second-order valence-electron chi connectivity index (χ2n) is 9.52. The third-order valence-corrected chi connectivity index (χ3v) is 8.55. The van der Waals surface area contributed by atoms with E-state index in [4.69, 9.17) is 5.73 Å². The Hall–Kier alpha value is -5.08. The number of nitrogen functional groups attached to an aromatic ring is 1. The topological polar surface area (TPSA) is 184 Å². The third kappa shape index (κ3) is 5.45. The van der Waals surface area contributed by atoms with Crippen LogP contribution in [0.25, 0.3) is 32.3 Å². The molecule has 6 rings (SSSR count). The largest absolute Gasteiger partial charge is 0.396 e. The zero-order valence-electron chi connectivity index (χ0n) is 22.0. The van der Waals surface area contributed by atoms with Crippen LogP contribution in [0.4, 0.5) is 28.4 Å². The van der Waals surface area contributed by atoms with E-state index >= 15 is 0 Å². The smallest absolute Gasteiger partial charge is 0.296 e. The van der Waals surface area contributed by atoms with E-state index in [2.05, 4.69) is 20.5 Å². The lowest BCUT2D eigenvalue weighted by atomic mass is 10.1. The van der Waals surface area contributed by atoms with E-state index in [1.807, 2.05) is 54.6 Å². The highest BCUT2D eigenvalue weighted by molar-refractivity contribution is 7.86. The van der Waals surface area contributed by atoms with Crippen LogP contribution < -0.4 is 5.73 Å². The van der Waals surface area contributed by atoms with Crippen molar-refractivity contribution in [3.63, 3.8) is 0 Å². The maximum atomic E-state index is 12.3. The van der Waals surface area contributed by atoms with Gasteiger partial charge in [-0.3, -0.25) is 9.11 Å². The van der Waals surface area contributed by atoms with Crippen LogP contribution in [-0.2, 0) is 20.2 Å². The summed E-state index contributed by atoms with van der Waals surface area (Å²) in [6.45, 7) is 0. The number of rotatable bonds is 6. The Morgan fingerprint density at radius 2 is 1.07 bits per heavy atom. The minimum absolute atomic E-state index is 0.0468. The predicted octanol–water partition coefficient (Wildman–Crippen LogP) is 8.05. The molecule has 13 heteroatoms. The first-order valence-electron chi connectivity index (χ1n) is 12.6. The quantitative estimate of drug-likeness (QED) is 0.0965. The van der Waals surface area contributed by atoms with Crippen LogP contribution >= 0.6 is 0 Å². The van der Waals surface area contributed by atoms with E-state index in [1.54, 1.807) is 24.3 Å². The normalized spacial score (nSPS) is 12.7. The van der Waals surface area contributed by atoms with Gasteiger partial charge in [-0.1, -0.05) is 66.7 Å². The fourth-order valence-electron chi connectivity index (χ4n) is 4.78. The second-order valence-corrected chi connectivity index (χ2v) is 12.3. The summed E-state index contributed by atoms with van der Waals surface area (Å²) in [4.78, 5) is -1.15. The van der Waals surface area contributed by atoms with Crippen LogP contribution in [0.2, 0.25) is 0 Å². The van der Waals surface area contributed by atoms with Gasteiger partial charge < -0.3 is 5.73 Å². The van der Waals surface area contributed by atoms with Crippen LogP contribution in [-0.4, -0.2) is 25.9 Å². The minimum Gasteiger partial charge on any atom is -0.396 e. The fourth-order valence-corrected chi connectivity index (χ4v) is 5.97. The van der Waals surface area contributed by atoms with Crippen molar-refractivity contribution in [2.24, 2.45) is 20.5 Å². The van der Waals surface area contributed by atoms with Gasteiger partial charge in [-0.05, 0) is 47.2 Å². The molecule has 0 amide bonds. The van der Waals surface area contributed by atoms with Crippen LogP contribution in [0.1, 0.15) is 0 Å². The van der Waals surface area contributed by atoms with E-state index < -0.39 is 30.0 Å². The molecule has 0 atom stereocenters. The Kier molecular flexibility index (Phi) is 6.94. The first-order valence-corrected chi connectivity index (χ1v) is 15.5. The maximum Gasteiger partial charge on any atom is 0.296 e. The van der Waals surface area contributed by atoms with E-state index in [0.717, 1.165) is 29.0 Å². The summed E-state index contributed by atoms with van der Waals surface area (Å²) < 4.78 is 67.0. The van der Waals surface area contributed by atoms with Gasteiger partial charge in [0.2, 0.25) is 0 Å². The molecule has 0 bridgehead atoms. The van der Waals surface area contributed by atoms with Crippen molar-refractivity contribution >= 4 is 81.0 Å². The summed E-state index contributed by atoms with van der Waals surface area (Å²) in [5, 5.41) is 21.0. The molecule has 43 heavy (non-hydrogen) atoms. The molecule has 0 fully saturated rings. The Balaban J connectivity index is 1.44. The minimum atomic E-state index is -4.87. The molecule has 0 saturated heterocycles. The molecular formula is C30H21N5O6S2. The van der Waals surface area contributed by atoms with Gasteiger partial charge in [0.1, 0.15) is 10.6 Å². The van der Waals surface area contributed by atoms with E-state index in [0.29, 0.717) is 27.8 Å². The number of anilines is 1. The maximum absolute atomic E-state index is 12.3. The molecular weight excluding hydrogens is 590 g/mol. The second kappa shape index (κ2) is 10.6. The molecule has 0 aliphatic heterocycles. The summed E-state index contributed by atoms with van der Waals surface area (Å²) in [6, 6.07) is 28.7. The molecule has 0 aliphatic carbocycles. The van der Waals surface area contributed by atoms with E-state index in [1.165, 1.54) is 6.07 Å². The number of fused-ring (bicyclic) bond motifs is 3. The Morgan fingerprint density at radius 3 is 1.70 bits per heavy atom. The molecule has 4 N–H and O–H groups in total. The predicted molar refractivity (Wildman–Crippen MR) is 164 cm³/mol. The first-order chi connectivity index (χ1) is 20.5. The molecule has 0 aromatic heterocycles. The average Bonchev–Trinajstić information content (AvgIpc) is 2.98. The molecule has 0 unspecified atom stereocenters. The average molecular weight is 612 g/mol. The van der Waals surface area contributed by atoms with Crippen molar-refractivity contribution in [3.8, 4) is 0 Å². The summed E-state index contributed by atoms with van der Waals surface area (Å²) >= 11 is 0. The molecule has 11 nitrogen and oxygen atoms in total.